The average molecular weight is 356 g/mol. The summed E-state index contributed by atoms with van der Waals surface area (Å²) in [6.07, 6.45) is 3.85. The van der Waals surface area contributed by atoms with Gasteiger partial charge in [-0.3, -0.25) is 4.57 Å². The predicted octanol–water partition coefficient (Wildman–Crippen LogP) is 1.84. The largest absolute Gasteiger partial charge is 0.480 e. The molecule has 0 fully saturated rings. The first kappa shape index (κ1) is 17.7. The number of rotatable bonds is 7. The maximum absolute atomic E-state index is 10.2. The van der Waals surface area contributed by atoms with Crippen molar-refractivity contribution in [3.8, 4) is 6.01 Å². The lowest BCUT2D eigenvalue weighted by molar-refractivity contribution is 0.408. The van der Waals surface area contributed by atoms with Crippen molar-refractivity contribution >= 4 is 28.7 Å². The zero-order valence-corrected chi connectivity index (χ0v) is 15.3. The van der Waals surface area contributed by atoms with Crippen molar-refractivity contribution in [3.63, 3.8) is 0 Å². The summed E-state index contributed by atoms with van der Waals surface area (Å²) in [5.74, 6) is 1.54. The van der Waals surface area contributed by atoms with E-state index in [9.17, 15) is 5.11 Å². The molecule has 0 amide bonds. The number of aromatic hydroxyl groups is 1. The Morgan fingerprint density at radius 2 is 2.04 bits per heavy atom. The smallest absolute Gasteiger partial charge is 0.296 e. The summed E-state index contributed by atoms with van der Waals surface area (Å²) in [7, 11) is 3.87. The standard InChI is InChI=1S/C17H24N8O/c1-4-5-8-19-16-22-14(18)13-15(23-16)25(17(26)21-13)10-11-6-7-12(20-9-11)24(2)3/h6-7,9H,4-5,8,10H2,1-3H3,(H,21,26)(H3,18,19,22,23). The number of anilines is 3. The van der Waals surface area contributed by atoms with Crippen LogP contribution in [0.1, 0.15) is 25.3 Å². The van der Waals surface area contributed by atoms with E-state index in [0.717, 1.165) is 30.8 Å². The number of imidazole rings is 1. The second-order valence-electron chi connectivity index (χ2n) is 6.30. The van der Waals surface area contributed by atoms with Crippen molar-refractivity contribution in [1.82, 2.24) is 24.5 Å². The first-order valence-corrected chi connectivity index (χ1v) is 8.58. The van der Waals surface area contributed by atoms with Crippen molar-refractivity contribution in [2.45, 2.75) is 26.3 Å². The predicted molar refractivity (Wildman–Crippen MR) is 102 cm³/mol. The van der Waals surface area contributed by atoms with E-state index in [1.807, 2.05) is 31.1 Å². The number of nitrogen functional groups attached to an aromatic ring is 1. The summed E-state index contributed by atoms with van der Waals surface area (Å²) in [4.78, 5) is 19.1. The van der Waals surface area contributed by atoms with Gasteiger partial charge in [0.05, 0.1) is 6.54 Å². The summed E-state index contributed by atoms with van der Waals surface area (Å²) in [5.41, 5.74) is 7.80. The summed E-state index contributed by atoms with van der Waals surface area (Å²) < 4.78 is 1.60. The molecule has 9 heteroatoms. The number of unbranched alkanes of at least 4 members (excludes halogenated alkanes) is 1. The molecule has 3 aromatic heterocycles. The molecule has 3 rings (SSSR count). The zero-order valence-electron chi connectivity index (χ0n) is 15.3. The lowest BCUT2D eigenvalue weighted by Crippen LogP contribution is -2.11. The normalized spacial score (nSPS) is 11.0. The fourth-order valence-corrected chi connectivity index (χ4v) is 2.57. The number of aromatic nitrogens is 5. The molecular formula is C17H24N8O. The van der Waals surface area contributed by atoms with Crippen molar-refractivity contribution in [2.24, 2.45) is 0 Å². The number of hydrogen-bond donors (Lipinski definition) is 3. The maximum atomic E-state index is 10.2. The van der Waals surface area contributed by atoms with Gasteiger partial charge in [-0.1, -0.05) is 19.4 Å². The third kappa shape index (κ3) is 3.61. The van der Waals surface area contributed by atoms with Gasteiger partial charge >= 0.3 is 0 Å². The number of nitrogens with two attached hydrogens (primary N) is 1. The van der Waals surface area contributed by atoms with Crippen molar-refractivity contribution in [1.29, 1.82) is 0 Å². The Bertz CT molecular complexity index is 888. The molecule has 0 atom stereocenters. The Morgan fingerprint density at radius 3 is 2.69 bits per heavy atom. The monoisotopic (exact) mass is 356 g/mol. The van der Waals surface area contributed by atoms with Gasteiger partial charge in [0.15, 0.2) is 17.0 Å². The highest BCUT2D eigenvalue weighted by molar-refractivity contribution is 5.84. The minimum absolute atomic E-state index is 0.150. The van der Waals surface area contributed by atoms with Crippen LogP contribution >= 0.6 is 0 Å². The quantitative estimate of drug-likeness (QED) is 0.549. The van der Waals surface area contributed by atoms with Crippen LogP contribution in [0.2, 0.25) is 0 Å². The van der Waals surface area contributed by atoms with Gasteiger partial charge in [0.2, 0.25) is 5.95 Å². The number of pyridine rings is 1. The molecule has 0 bridgehead atoms. The molecule has 4 N–H and O–H groups in total. The van der Waals surface area contributed by atoms with Gasteiger partial charge < -0.3 is 21.1 Å². The van der Waals surface area contributed by atoms with Gasteiger partial charge in [-0.25, -0.2) is 4.98 Å². The second-order valence-corrected chi connectivity index (χ2v) is 6.30. The van der Waals surface area contributed by atoms with E-state index in [4.69, 9.17) is 5.73 Å². The molecule has 0 unspecified atom stereocenters. The Hall–Kier alpha value is -3.10. The highest BCUT2D eigenvalue weighted by Gasteiger charge is 2.16. The molecular weight excluding hydrogens is 332 g/mol. The van der Waals surface area contributed by atoms with Crippen LogP contribution in [0.5, 0.6) is 6.01 Å². The number of nitrogens with one attached hydrogen (secondary N) is 1. The molecule has 0 aliphatic rings. The second kappa shape index (κ2) is 7.42. The fraction of sp³-hybridized carbons (Fsp3) is 0.412. The summed E-state index contributed by atoms with van der Waals surface area (Å²) in [6.45, 7) is 3.26. The van der Waals surface area contributed by atoms with Gasteiger partial charge in [0.1, 0.15) is 5.82 Å². The Kier molecular flexibility index (Phi) is 5.06. The van der Waals surface area contributed by atoms with E-state index in [1.54, 1.807) is 10.8 Å². The minimum atomic E-state index is -0.150. The van der Waals surface area contributed by atoms with Gasteiger partial charge in [0.25, 0.3) is 6.01 Å². The van der Waals surface area contributed by atoms with Crippen molar-refractivity contribution < 1.29 is 5.11 Å². The minimum Gasteiger partial charge on any atom is -0.480 e. The van der Waals surface area contributed by atoms with Crippen LogP contribution in [0.4, 0.5) is 17.6 Å². The highest BCUT2D eigenvalue weighted by atomic mass is 16.3. The molecule has 138 valence electrons. The first-order valence-electron chi connectivity index (χ1n) is 8.58. The van der Waals surface area contributed by atoms with E-state index >= 15 is 0 Å². The molecule has 3 heterocycles. The third-order valence-corrected chi connectivity index (χ3v) is 4.02. The van der Waals surface area contributed by atoms with Crippen LogP contribution in [-0.2, 0) is 6.54 Å². The molecule has 9 nitrogen and oxygen atoms in total. The lowest BCUT2D eigenvalue weighted by Gasteiger charge is -2.12. The number of hydrogen-bond acceptors (Lipinski definition) is 8. The summed E-state index contributed by atoms with van der Waals surface area (Å²) >= 11 is 0. The van der Waals surface area contributed by atoms with E-state index in [2.05, 4.69) is 32.2 Å². The van der Waals surface area contributed by atoms with Crippen LogP contribution in [0.25, 0.3) is 11.2 Å². The molecule has 0 aromatic carbocycles. The molecule has 0 spiro atoms. The number of nitrogens with zero attached hydrogens (tertiary/aromatic N) is 6. The molecule has 0 saturated heterocycles. The van der Waals surface area contributed by atoms with E-state index in [0.29, 0.717) is 23.7 Å². The topological polar surface area (TPSA) is 118 Å². The molecule has 0 aliphatic carbocycles. The Balaban J connectivity index is 1.92. The maximum Gasteiger partial charge on any atom is 0.296 e. The Labute approximate surface area is 151 Å². The van der Waals surface area contributed by atoms with Crippen LogP contribution in [-0.4, -0.2) is 50.2 Å². The van der Waals surface area contributed by atoms with Gasteiger partial charge in [-0.15, -0.1) is 0 Å². The zero-order chi connectivity index (χ0) is 18.7. The van der Waals surface area contributed by atoms with Crippen molar-refractivity contribution in [2.75, 3.05) is 36.6 Å². The van der Waals surface area contributed by atoms with Crippen LogP contribution in [0.3, 0.4) is 0 Å². The lowest BCUT2D eigenvalue weighted by atomic mass is 10.2. The fourth-order valence-electron chi connectivity index (χ4n) is 2.57. The molecule has 3 aromatic rings. The summed E-state index contributed by atoms with van der Waals surface area (Å²) in [6, 6.07) is 3.73. The number of fused-ring (bicyclic) bond motifs is 1. The van der Waals surface area contributed by atoms with E-state index in [-0.39, 0.29) is 11.8 Å². The highest BCUT2D eigenvalue weighted by Crippen LogP contribution is 2.25. The van der Waals surface area contributed by atoms with Gasteiger partial charge in [-0.05, 0) is 18.1 Å². The van der Waals surface area contributed by atoms with Crippen LogP contribution < -0.4 is 16.0 Å². The van der Waals surface area contributed by atoms with Crippen molar-refractivity contribution in [3.05, 3.63) is 23.9 Å². The average Bonchev–Trinajstić information content (AvgIpc) is 2.92. The Morgan fingerprint density at radius 1 is 1.23 bits per heavy atom. The summed E-state index contributed by atoms with van der Waals surface area (Å²) in [5, 5.41) is 13.4. The molecule has 0 aliphatic heterocycles. The van der Waals surface area contributed by atoms with E-state index in [1.165, 1.54) is 0 Å². The SMILES string of the molecule is CCCCNc1nc(N)c2nc(O)n(Cc3ccc(N(C)C)nc3)c2n1. The van der Waals surface area contributed by atoms with E-state index < -0.39 is 0 Å². The molecule has 0 saturated carbocycles. The van der Waals surface area contributed by atoms with Gasteiger partial charge in [0, 0.05) is 26.8 Å². The van der Waals surface area contributed by atoms with Crippen LogP contribution in [0.15, 0.2) is 18.3 Å². The van der Waals surface area contributed by atoms with Gasteiger partial charge in [-0.2, -0.15) is 15.0 Å². The first-order chi connectivity index (χ1) is 12.5. The third-order valence-electron chi connectivity index (χ3n) is 4.02. The molecule has 26 heavy (non-hydrogen) atoms. The van der Waals surface area contributed by atoms with Crippen LogP contribution in [0, 0.1) is 0 Å². The molecule has 0 radical (unpaired) electrons.